The molecule has 0 saturated carbocycles. The number of fused-ring (bicyclic) bond motifs is 12. The number of thiophene rings is 2. The van der Waals surface area contributed by atoms with Gasteiger partial charge in [0.05, 0.1) is 5.56 Å². The molecule has 0 fully saturated rings. The van der Waals surface area contributed by atoms with Gasteiger partial charge in [0.25, 0.3) is 0 Å². The Balaban J connectivity index is 0.000000141. The molecule has 6 aromatic heterocycles. The SMILES string of the molecule is c1ccc(-c2cccc(-c3ccccc3-c3ccc4sc5cccc(-c6nc(-c7ccccc7)nc(-c7ccc8c(c7)oc7ccccc78)n6)c5c4c3)c2)cc1.c1ccc(-c2cccc(-c3ccccc3-c3ccc4sc5cccc(-c6nc(-c7ccccc7)nc(-c7cccc8c7oc7ccccc78)n6)c5c4c3)c2)cc1. The number of para-hydroxylation sites is 3. The molecule has 0 unspecified atom stereocenters. The molecular formula is C102H62N6O2S2. The summed E-state index contributed by atoms with van der Waals surface area (Å²) in [6.07, 6.45) is 0. The first-order valence-electron chi connectivity index (χ1n) is 37.4. The molecule has 0 aliphatic rings. The maximum atomic E-state index is 6.47. The second-order valence-electron chi connectivity index (χ2n) is 27.9. The molecule has 0 amide bonds. The molecule has 0 atom stereocenters. The van der Waals surface area contributed by atoms with Gasteiger partial charge >= 0.3 is 0 Å². The van der Waals surface area contributed by atoms with Crippen molar-refractivity contribution in [3.05, 3.63) is 376 Å². The highest BCUT2D eigenvalue weighted by Gasteiger charge is 2.24. The summed E-state index contributed by atoms with van der Waals surface area (Å²) in [5.41, 5.74) is 23.0. The van der Waals surface area contributed by atoms with Crippen molar-refractivity contribution in [3.63, 3.8) is 0 Å². The Bertz CT molecular complexity index is 7400. The van der Waals surface area contributed by atoms with Crippen LogP contribution in [0.15, 0.2) is 385 Å². The van der Waals surface area contributed by atoms with E-state index in [0.717, 1.165) is 99.2 Å². The zero-order valence-electron chi connectivity index (χ0n) is 60.1. The summed E-state index contributed by atoms with van der Waals surface area (Å²) < 4.78 is 17.5. The quantitative estimate of drug-likeness (QED) is 0.119. The molecule has 0 saturated heterocycles. The Hall–Kier alpha value is -14.4. The van der Waals surface area contributed by atoms with E-state index in [1.165, 1.54) is 85.2 Å². The lowest BCUT2D eigenvalue weighted by atomic mass is 9.92. The van der Waals surface area contributed by atoms with E-state index in [2.05, 4.69) is 267 Å². The van der Waals surface area contributed by atoms with E-state index in [-0.39, 0.29) is 0 Å². The van der Waals surface area contributed by atoms with Crippen molar-refractivity contribution in [2.75, 3.05) is 0 Å². The summed E-state index contributed by atoms with van der Waals surface area (Å²) in [7, 11) is 0. The fraction of sp³-hybridized carbons (Fsp3) is 0. The van der Waals surface area contributed by atoms with Crippen LogP contribution in [-0.2, 0) is 0 Å². The molecule has 0 bridgehead atoms. The van der Waals surface area contributed by atoms with Gasteiger partial charge in [-0.1, -0.05) is 297 Å². The second-order valence-corrected chi connectivity index (χ2v) is 30.1. The molecule has 0 spiro atoms. The minimum absolute atomic E-state index is 0.572. The summed E-state index contributed by atoms with van der Waals surface area (Å²) in [4.78, 5) is 30.9. The van der Waals surface area contributed by atoms with Gasteiger partial charge in [-0.25, -0.2) is 29.9 Å². The van der Waals surface area contributed by atoms with E-state index in [4.69, 9.17) is 38.7 Å². The van der Waals surface area contributed by atoms with Gasteiger partial charge in [-0.2, -0.15) is 0 Å². The lowest BCUT2D eigenvalue weighted by Gasteiger charge is -2.12. The van der Waals surface area contributed by atoms with Crippen molar-refractivity contribution in [1.29, 1.82) is 0 Å². The van der Waals surface area contributed by atoms with E-state index in [1.54, 1.807) is 22.7 Å². The number of hydrogen-bond acceptors (Lipinski definition) is 10. The summed E-state index contributed by atoms with van der Waals surface area (Å²) in [5.74, 6) is 3.66. The molecule has 8 nitrogen and oxygen atoms in total. The van der Waals surface area contributed by atoms with Crippen molar-refractivity contribution in [1.82, 2.24) is 29.9 Å². The molecule has 112 heavy (non-hydrogen) atoms. The zero-order chi connectivity index (χ0) is 74.0. The van der Waals surface area contributed by atoms with Crippen LogP contribution in [0.4, 0.5) is 0 Å². The van der Waals surface area contributed by atoms with Crippen molar-refractivity contribution in [2.24, 2.45) is 0 Å². The summed E-state index contributed by atoms with van der Waals surface area (Å²) >= 11 is 3.59. The van der Waals surface area contributed by atoms with Gasteiger partial charge in [-0.05, 0) is 146 Å². The summed E-state index contributed by atoms with van der Waals surface area (Å²) in [6, 6.07) is 132. The average molecular weight is 1470 g/mol. The van der Waals surface area contributed by atoms with Crippen LogP contribution in [-0.4, -0.2) is 29.9 Å². The smallest absolute Gasteiger partial charge is 0.167 e. The lowest BCUT2D eigenvalue weighted by molar-refractivity contribution is 0.669. The number of nitrogens with zero attached hydrogens (tertiary/aromatic N) is 6. The topological polar surface area (TPSA) is 104 Å². The Morgan fingerprint density at radius 3 is 1.01 bits per heavy atom. The maximum absolute atomic E-state index is 6.47. The molecule has 6 heterocycles. The summed E-state index contributed by atoms with van der Waals surface area (Å²) in [6.45, 7) is 0. The van der Waals surface area contributed by atoms with Gasteiger partial charge in [0.2, 0.25) is 0 Å². The van der Waals surface area contributed by atoms with Crippen molar-refractivity contribution >= 4 is 107 Å². The molecule has 0 aliphatic carbocycles. The Labute approximate surface area is 652 Å². The minimum atomic E-state index is 0.572. The monoisotopic (exact) mass is 1470 g/mol. The average Bonchev–Trinajstić information content (AvgIpc) is 1.57. The molecule has 0 radical (unpaired) electrons. The third-order valence-electron chi connectivity index (χ3n) is 21.1. The molecular weight excluding hydrogens is 1410 g/mol. The minimum Gasteiger partial charge on any atom is -0.456 e. The van der Waals surface area contributed by atoms with Gasteiger partial charge < -0.3 is 8.83 Å². The first-order valence-corrected chi connectivity index (χ1v) is 39.0. The zero-order valence-corrected chi connectivity index (χ0v) is 61.7. The van der Waals surface area contributed by atoms with Gasteiger partial charge in [0.15, 0.2) is 34.9 Å². The van der Waals surface area contributed by atoms with Crippen LogP contribution in [0.5, 0.6) is 0 Å². The molecule has 0 N–H and O–H groups in total. The number of aromatic nitrogens is 6. The van der Waals surface area contributed by atoms with E-state index in [0.29, 0.717) is 34.9 Å². The highest BCUT2D eigenvalue weighted by Crippen LogP contribution is 2.47. The van der Waals surface area contributed by atoms with E-state index in [9.17, 15) is 0 Å². The fourth-order valence-corrected chi connectivity index (χ4v) is 18.0. The largest absolute Gasteiger partial charge is 0.456 e. The van der Waals surface area contributed by atoms with Gasteiger partial charge in [-0.3, -0.25) is 0 Å². The van der Waals surface area contributed by atoms with Crippen LogP contribution in [0.2, 0.25) is 0 Å². The first kappa shape index (κ1) is 65.8. The predicted octanol–water partition coefficient (Wildman–Crippen LogP) is 28.3. The normalized spacial score (nSPS) is 11.6. The van der Waals surface area contributed by atoms with Crippen molar-refractivity contribution < 1.29 is 8.83 Å². The Kier molecular flexibility index (Phi) is 16.4. The van der Waals surface area contributed by atoms with Gasteiger partial charge in [0.1, 0.15) is 22.3 Å². The first-order chi connectivity index (χ1) is 55.5. The molecule has 524 valence electrons. The van der Waals surface area contributed by atoms with Crippen molar-refractivity contribution in [2.45, 2.75) is 0 Å². The predicted molar refractivity (Wildman–Crippen MR) is 465 cm³/mol. The van der Waals surface area contributed by atoms with Crippen LogP contribution in [0, 0.1) is 0 Å². The fourth-order valence-electron chi connectivity index (χ4n) is 15.8. The van der Waals surface area contributed by atoms with Crippen molar-refractivity contribution in [3.8, 4) is 135 Å². The number of benzene rings is 16. The number of hydrogen-bond donors (Lipinski definition) is 0. The highest BCUT2D eigenvalue weighted by molar-refractivity contribution is 7.26. The second kappa shape index (κ2) is 28.0. The van der Waals surface area contributed by atoms with Crippen LogP contribution in [0.1, 0.15) is 0 Å². The van der Waals surface area contributed by atoms with E-state index < -0.39 is 0 Å². The Morgan fingerprint density at radius 1 is 0.170 bits per heavy atom. The van der Waals surface area contributed by atoms with Gasteiger partial charge in [0, 0.05) is 89.7 Å². The molecule has 16 aromatic carbocycles. The molecule has 22 aromatic rings. The van der Waals surface area contributed by atoms with Crippen LogP contribution in [0.25, 0.3) is 219 Å². The maximum Gasteiger partial charge on any atom is 0.167 e. The van der Waals surface area contributed by atoms with Crippen LogP contribution < -0.4 is 0 Å². The number of furan rings is 2. The van der Waals surface area contributed by atoms with Crippen LogP contribution in [0.3, 0.4) is 0 Å². The van der Waals surface area contributed by atoms with E-state index in [1.807, 2.05) is 109 Å². The molecule has 0 aliphatic heterocycles. The molecule has 22 rings (SSSR count). The molecule has 10 heteroatoms. The standard InChI is InChI=1S/2C51H31N3OS/c1-3-14-32(15-4-1)34-18-11-19-35(30-34)37-20-7-8-21-38(37)36-28-29-45-43(31-36)47-41(24-13-27-46(47)56-45)50-52-49(33-16-5-2-6-17-33)53-51(54-50)42-25-12-23-40-39-22-9-10-26-44(39)55-48(40)42;1-3-13-32(14-4-1)34-17-11-18-35(29-34)38-19-7-8-20-39(38)36-26-28-46-43(30-36)48-42(22-12-24-47(48)56-46)51-53-49(33-15-5-2-6-16-33)52-50(54-51)37-25-27-41-40-21-9-10-23-44(40)55-45(41)31-37/h2*1-31H. The van der Waals surface area contributed by atoms with E-state index >= 15 is 0 Å². The lowest BCUT2D eigenvalue weighted by Crippen LogP contribution is -2.00. The Morgan fingerprint density at radius 2 is 0.500 bits per heavy atom. The van der Waals surface area contributed by atoms with Gasteiger partial charge in [-0.15, -0.1) is 22.7 Å². The highest BCUT2D eigenvalue weighted by atomic mass is 32.1. The van der Waals surface area contributed by atoms with Crippen LogP contribution >= 0.6 is 22.7 Å². The third-order valence-corrected chi connectivity index (χ3v) is 23.4. The number of rotatable bonds is 12. The summed E-state index contributed by atoms with van der Waals surface area (Å²) in [5, 5.41) is 8.89. The third kappa shape index (κ3) is 12.0.